The van der Waals surface area contributed by atoms with Gasteiger partial charge in [0.25, 0.3) is 5.91 Å². The van der Waals surface area contributed by atoms with Crippen molar-refractivity contribution in [3.8, 4) is 0 Å². The minimum absolute atomic E-state index is 0.00873. The highest BCUT2D eigenvalue weighted by atomic mass is 16.5. The first kappa shape index (κ1) is 19.3. The van der Waals surface area contributed by atoms with Gasteiger partial charge in [-0.05, 0) is 19.1 Å². The average Bonchev–Trinajstić information content (AvgIpc) is 3.07. The molecular formula is C21H20N2O5. The van der Waals surface area contributed by atoms with Crippen LogP contribution in [0.1, 0.15) is 32.7 Å². The quantitative estimate of drug-likeness (QED) is 0.610. The van der Waals surface area contributed by atoms with Crippen LogP contribution in [-0.4, -0.2) is 41.7 Å². The molecule has 1 fully saturated rings. The van der Waals surface area contributed by atoms with Crippen LogP contribution in [0, 0.1) is 12.8 Å². The third-order valence-electron chi connectivity index (χ3n) is 4.45. The van der Waals surface area contributed by atoms with Gasteiger partial charge in [-0.15, -0.1) is 0 Å². The second-order valence-electron chi connectivity index (χ2n) is 6.61. The Balaban J connectivity index is 1.52. The Morgan fingerprint density at radius 1 is 1.04 bits per heavy atom. The minimum Gasteiger partial charge on any atom is -0.457 e. The summed E-state index contributed by atoms with van der Waals surface area (Å²) in [5.41, 5.74) is 4.39. The molecule has 0 unspecified atom stereocenters. The zero-order valence-electron chi connectivity index (χ0n) is 15.4. The highest BCUT2D eigenvalue weighted by Gasteiger charge is 2.36. The molecule has 0 bridgehead atoms. The van der Waals surface area contributed by atoms with E-state index in [-0.39, 0.29) is 31.3 Å². The van der Waals surface area contributed by atoms with Crippen molar-refractivity contribution in [1.82, 2.24) is 10.4 Å². The summed E-state index contributed by atoms with van der Waals surface area (Å²) < 4.78 is 5.06. The minimum atomic E-state index is -0.727. The van der Waals surface area contributed by atoms with E-state index in [2.05, 4.69) is 5.43 Å². The van der Waals surface area contributed by atoms with Crippen molar-refractivity contribution in [2.75, 3.05) is 13.2 Å². The fourth-order valence-electron chi connectivity index (χ4n) is 2.83. The van der Waals surface area contributed by atoms with Crippen LogP contribution in [0.15, 0.2) is 54.6 Å². The lowest BCUT2D eigenvalue weighted by molar-refractivity contribution is -0.147. The number of nitrogens with one attached hydrogen (secondary N) is 1. The molecule has 2 amide bonds. The molecule has 0 spiro atoms. The average molecular weight is 380 g/mol. The van der Waals surface area contributed by atoms with Crippen LogP contribution in [0.4, 0.5) is 0 Å². The SMILES string of the molecule is Cc1ccc(C(=O)NN2C[C@@H](C(=O)OCC(=O)c3ccccc3)CC2=O)cc1. The number of ether oxygens (including phenoxy) is 1. The van der Waals surface area contributed by atoms with Gasteiger partial charge in [0, 0.05) is 17.5 Å². The van der Waals surface area contributed by atoms with Crippen LogP contribution in [0.3, 0.4) is 0 Å². The van der Waals surface area contributed by atoms with Crippen LogP contribution in [0.5, 0.6) is 0 Å². The fraction of sp³-hybridized carbons (Fsp3) is 0.238. The number of benzene rings is 2. The largest absolute Gasteiger partial charge is 0.457 e. The molecule has 1 saturated heterocycles. The number of nitrogens with zero attached hydrogens (tertiary/aromatic N) is 1. The van der Waals surface area contributed by atoms with E-state index in [1.807, 2.05) is 6.92 Å². The summed E-state index contributed by atoms with van der Waals surface area (Å²) in [7, 11) is 0. The number of Topliss-reactive ketones (excluding diaryl/α,β-unsaturated/α-hetero) is 1. The highest BCUT2D eigenvalue weighted by molar-refractivity contribution is 5.98. The van der Waals surface area contributed by atoms with Crippen LogP contribution >= 0.6 is 0 Å². The molecular weight excluding hydrogens is 360 g/mol. The number of hydrogen-bond acceptors (Lipinski definition) is 5. The lowest BCUT2D eigenvalue weighted by Crippen LogP contribution is -2.43. The lowest BCUT2D eigenvalue weighted by atomic mass is 10.1. The molecule has 0 saturated carbocycles. The summed E-state index contributed by atoms with van der Waals surface area (Å²) in [5, 5.41) is 1.12. The topological polar surface area (TPSA) is 92.8 Å². The predicted molar refractivity (Wildman–Crippen MR) is 100 cm³/mol. The maximum absolute atomic E-state index is 12.2. The highest BCUT2D eigenvalue weighted by Crippen LogP contribution is 2.18. The summed E-state index contributed by atoms with van der Waals surface area (Å²) in [4.78, 5) is 48.6. The number of aryl methyl sites for hydroxylation is 1. The maximum Gasteiger partial charge on any atom is 0.311 e. The number of ketones is 1. The van der Waals surface area contributed by atoms with Crippen molar-refractivity contribution in [1.29, 1.82) is 0 Å². The number of carbonyl (C=O) groups is 4. The van der Waals surface area contributed by atoms with E-state index >= 15 is 0 Å². The molecule has 1 atom stereocenters. The zero-order chi connectivity index (χ0) is 20.1. The molecule has 0 aliphatic carbocycles. The van der Waals surface area contributed by atoms with Crippen LogP contribution < -0.4 is 5.43 Å². The number of amides is 2. The number of hydrazine groups is 1. The number of rotatable bonds is 6. The molecule has 1 aliphatic rings. The Bertz CT molecular complexity index is 893. The first-order valence-corrected chi connectivity index (χ1v) is 8.87. The number of esters is 1. The normalized spacial score (nSPS) is 16.0. The molecule has 28 heavy (non-hydrogen) atoms. The van der Waals surface area contributed by atoms with Crippen molar-refractivity contribution in [3.05, 3.63) is 71.3 Å². The van der Waals surface area contributed by atoms with Gasteiger partial charge in [0.2, 0.25) is 5.91 Å². The summed E-state index contributed by atoms with van der Waals surface area (Å²) in [5.74, 6) is -2.49. The fourth-order valence-corrected chi connectivity index (χ4v) is 2.83. The summed E-state index contributed by atoms with van der Waals surface area (Å²) in [6, 6.07) is 15.4. The molecule has 2 aromatic rings. The Labute approximate surface area is 162 Å². The third-order valence-corrected chi connectivity index (χ3v) is 4.45. The molecule has 7 nitrogen and oxygen atoms in total. The van der Waals surface area contributed by atoms with Gasteiger partial charge in [-0.2, -0.15) is 0 Å². The maximum atomic E-state index is 12.2. The molecule has 3 rings (SSSR count). The Hall–Kier alpha value is -3.48. The van der Waals surface area contributed by atoms with Gasteiger partial charge in [-0.25, -0.2) is 0 Å². The molecule has 2 aromatic carbocycles. The van der Waals surface area contributed by atoms with Crippen LogP contribution in [0.2, 0.25) is 0 Å². The van der Waals surface area contributed by atoms with Gasteiger partial charge < -0.3 is 4.74 Å². The van der Waals surface area contributed by atoms with E-state index in [0.717, 1.165) is 10.6 Å². The second kappa shape index (κ2) is 8.47. The smallest absolute Gasteiger partial charge is 0.311 e. The molecule has 144 valence electrons. The van der Waals surface area contributed by atoms with Crippen molar-refractivity contribution in [2.45, 2.75) is 13.3 Å². The van der Waals surface area contributed by atoms with Crippen LogP contribution in [-0.2, 0) is 14.3 Å². The lowest BCUT2D eigenvalue weighted by Gasteiger charge is -2.17. The number of carbonyl (C=O) groups excluding carboxylic acids is 4. The van der Waals surface area contributed by atoms with Crippen molar-refractivity contribution in [3.63, 3.8) is 0 Å². The van der Waals surface area contributed by atoms with Gasteiger partial charge in [-0.1, -0.05) is 48.0 Å². The Kier molecular flexibility index (Phi) is 5.84. The first-order chi connectivity index (χ1) is 13.4. The molecule has 7 heteroatoms. The zero-order valence-corrected chi connectivity index (χ0v) is 15.4. The molecule has 1 N–H and O–H groups in total. The van der Waals surface area contributed by atoms with E-state index < -0.39 is 17.8 Å². The predicted octanol–water partition coefficient (Wildman–Crippen LogP) is 1.91. The summed E-state index contributed by atoms with van der Waals surface area (Å²) in [6.45, 7) is 1.53. The third kappa shape index (κ3) is 4.62. The monoisotopic (exact) mass is 380 g/mol. The summed E-state index contributed by atoms with van der Waals surface area (Å²) in [6.07, 6.45) is -0.0768. The van der Waals surface area contributed by atoms with E-state index in [1.54, 1.807) is 54.6 Å². The standard InChI is InChI=1S/C21H20N2O5/c1-14-7-9-16(10-8-14)20(26)22-23-12-17(11-19(23)25)21(27)28-13-18(24)15-5-3-2-4-6-15/h2-10,17H,11-13H2,1H3,(H,22,26)/t17-/m0/s1. The van der Waals surface area contributed by atoms with Gasteiger partial charge in [0.1, 0.15) is 0 Å². The van der Waals surface area contributed by atoms with Crippen molar-refractivity contribution >= 4 is 23.6 Å². The van der Waals surface area contributed by atoms with E-state index in [0.29, 0.717) is 11.1 Å². The summed E-state index contributed by atoms with van der Waals surface area (Å²) >= 11 is 0. The van der Waals surface area contributed by atoms with E-state index in [4.69, 9.17) is 4.74 Å². The van der Waals surface area contributed by atoms with E-state index in [9.17, 15) is 19.2 Å². The Morgan fingerprint density at radius 3 is 2.39 bits per heavy atom. The van der Waals surface area contributed by atoms with Gasteiger partial charge in [-0.3, -0.25) is 29.6 Å². The second-order valence-corrected chi connectivity index (χ2v) is 6.61. The first-order valence-electron chi connectivity index (χ1n) is 8.87. The molecule has 0 aromatic heterocycles. The van der Waals surface area contributed by atoms with E-state index in [1.165, 1.54) is 0 Å². The van der Waals surface area contributed by atoms with Gasteiger partial charge in [0.15, 0.2) is 12.4 Å². The molecule has 1 aliphatic heterocycles. The van der Waals surface area contributed by atoms with Crippen molar-refractivity contribution in [2.24, 2.45) is 5.92 Å². The van der Waals surface area contributed by atoms with Gasteiger partial charge in [0.05, 0.1) is 12.5 Å². The molecule has 0 radical (unpaired) electrons. The van der Waals surface area contributed by atoms with Crippen molar-refractivity contribution < 1.29 is 23.9 Å². The Morgan fingerprint density at radius 2 is 1.71 bits per heavy atom. The van der Waals surface area contributed by atoms with Crippen LogP contribution in [0.25, 0.3) is 0 Å². The number of hydrogen-bond donors (Lipinski definition) is 1. The molecule has 1 heterocycles. The van der Waals surface area contributed by atoms with Gasteiger partial charge >= 0.3 is 5.97 Å².